The van der Waals surface area contributed by atoms with Gasteiger partial charge in [0.05, 0.1) is 12.6 Å². The molecule has 1 aliphatic rings. The van der Waals surface area contributed by atoms with Crippen LogP contribution in [0, 0.1) is 11.8 Å². The minimum Gasteiger partial charge on any atom is -0.310 e. The number of hydrogen-bond acceptors (Lipinski definition) is 3. The maximum absolute atomic E-state index is 4.67. The van der Waals surface area contributed by atoms with Gasteiger partial charge in [-0.1, -0.05) is 40.0 Å². The highest BCUT2D eigenvalue weighted by Gasteiger charge is 2.25. The van der Waals surface area contributed by atoms with E-state index in [-0.39, 0.29) is 0 Å². The van der Waals surface area contributed by atoms with Crippen molar-refractivity contribution in [3.05, 3.63) is 12.2 Å². The Bertz CT molecular complexity index is 372. The van der Waals surface area contributed by atoms with Gasteiger partial charge in [0.2, 0.25) is 0 Å². The van der Waals surface area contributed by atoms with Crippen LogP contribution in [0.2, 0.25) is 0 Å². The molecule has 2 atom stereocenters. The molecule has 1 aromatic heterocycles. The van der Waals surface area contributed by atoms with E-state index >= 15 is 0 Å². The van der Waals surface area contributed by atoms with Crippen molar-refractivity contribution >= 4 is 0 Å². The predicted molar refractivity (Wildman–Crippen MR) is 77.9 cm³/mol. The van der Waals surface area contributed by atoms with Crippen molar-refractivity contribution in [2.24, 2.45) is 11.8 Å². The predicted octanol–water partition coefficient (Wildman–Crippen LogP) is 3.17. The molecule has 0 aromatic carbocycles. The highest BCUT2D eigenvalue weighted by atomic mass is 15.4. The summed E-state index contributed by atoms with van der Waals surface area (Å²) in [6, 6.07) is 0.574. The topological polar surface area (TPSA) is 42.7 Å². The molecular weight excluding hydrogens is 236 g/mol. The number of hydrogen-bond donors (Lipinski definition) is 1. The Morgan fingerprint density at radius 3 is 2.89 bits per heavy atom. The molecule has 1 aliphatic carbocycles. The molecule has 1 fully saturated rings. The zero-order valence-corrected chi connectivity index (χ0v) is 12.6. The maximum Gasteiger partial charge on any atom is 0.164 e. The summed E-state index contributed by atoms with van der Waals surface area (Å²) in [5.41, 5.74) is 0. The fourth-order valence-corrected chi connectivity index (χ4v) is 3.04. The minimum atomic E-state index is 0.574. The van der Waals surface area contributed by atoms with E-state index in [1.807, 2.05) is 6.33 Å². The quantitative estimate of drug-likeness (QED) is 0.858. The van der Waals surface area contributed by atoms with Gasteiger partial charge in [-0.25, -0.2) is 9.67 Å². The third kappa shape index (κ3) is 4.03. The molecule has 19 heavy (non-hydrogen) atoms. The molecule has 4 nitrogen and oxygen atoms in total. The molecule has 0 bridgehead atoms. The van der Waals surface area contributed by atoms with Crippen LogP contribution in [0.3, 0.4) is 0 Å². The van der Waals surface area contributed by atoms with Gasteiger partial charge in [-0.2, -0.15) is 5.10 Å². The van der Waals surface area contributed by atoms with Gasteiger partial charge in [0.1, 0.15) is 6.33 Å². The zero-order valence-electron chi connectivity index (χ0n) is 12.6. The Morgan fingerprint density at radius 2 is 2.16 bits per heavy atom. The lowest BCUT2D eigenvalue weighted by molar-refractivity contribution is 0.216. The fourth-order valence-electron chi connectivity index (χ4n) is 3.04. The average Bonchev–Trinajstić information content (AvgIpc) is 2.87. The Kier molecular flexibility index (Phi) is 5.37. The number of rotatable bonds is 6. The lowest BCUT2D eigenvalue weighted by Crippen LogP contribution is -2.24. The summed E-state index contributed by atoms with van der Waals surface area (Å²) < 4.78 is 2.12. The fraction of sp³-hybridized carbons (Fsp3) is 0.867. The van der Waals surface area contributed by atoms with E-state index in [1.54, 1.807) is 0 Å². The van der Waals surface area contributed by atoms with Crippen LogP contribution in [0.5, 0.6) is 0 Å². The third-order valence-electron chi connectivity index (χ3n) is 4.12. The van der Waals surface area contributed by atoms with Gasteiger partial charge in [0, 0.05) is 0 Å². The van der Waals surface area contributed by atoms with Crippen molar-refractivity contribution in [2.45, 2.75) is 65.5 Å². The summed E-state index contributed by atoms with van der Waals surface area (Å²) in [6.07, 6.45) is 8.52. The van der Waals surface area contributed by atoms with Gasteiger partial charge in [0.25, 0.3) is 0 Å². The zero-order chi connectivity index (χ0) is 13.7. The van der Waals surface area contributed by atoms with Crippen LogP contribution in [0.4, 0.5) is 0 Å². The summed E-state index contributed by atoms with van der Waals surface area (Å²) in [5, 5.41) is 8.08. The number of aromatic nitrogens is 3. The first kappa shape index (κ1) is 14.5. The third-order valence-corrected chi connectivity index (χ3v) is 4.12. The molecule has 0 amide bonds. The lowest BCUT2D eigenvalue weighted by atomic mass is 9.83. The molecule has 2 unspecified atom stereocenters. The van der Waals surface area contributed by atoms with Crippen molar-refractivity contribution in [2.75, 3.05) is 6.54 Å². The summed E-state index contributed by atoms with van der Waals surface area (Å²) in [6.45, 7) is 8.54. The second-order valence-electron chi connectivity index (χ2n) is 6.19. The summed E-state index contributed by atoms with van der Waals surface area (Å²) in [5.74, 6) is 2.39. The van der Waals surface area contributed by atoms with Crippen molar-refractivity contribution < 1.29 is 0 Å². The summed E-state index contributed by atoms with van der Waals surface area (Å²) in [7, 11) is 0. The number of nitrogens with zero attached hydrogens (tertiary/aromatic N) is 3. The molecule has 0 saturated heterocycles. The standard InChI is InChI=1S/C15H28N4/c1-4-13-7-5-6-8-14(13)19-11-17-15(18-19)10-16-9-12(2)3/h11-14,16H,4-10H2,1-3H3. The molecule has 0 spiro atoms. The maximum atomic E-state index is 4.67. The van der Waals surface area contributed by atoms with Crippen LogP contribution < -0.4 is 5.32 Å². The minimum absolute atomic E-state index is 0.574. The summed E-state index contributed by atoms with van der Waals surface area (Å²) in [4.78, 5) is 4.45. The average molecular weight is 264 g/mol. The van der Waals surface area contributed by atoms with E-state index in [9.17, 15) is 0 Å². The van der Waals surface area contributed by atoms with Gasteiger partial charge in [-0.05, 0) is 31.2 Å². The molecule has 1 aromatic rings. The molecular formula is C15H28N4. The van der Waals surface area contributed by atoms with Gasteiger partial charge in [-0.3, -0.25) is 0 Å². The molecule has 2 rings (SSSR count). The normalized spacial score (nSPS) is 24.0. The van der Waals surface area contributed by atoms with E-state index in [1.165, 1.54) is 32.1 Å². The van der Waals surface area contributed by atoms with Crippen LogP contribution in [-0.2, 0) is 6.54 Å². The van der Waals surface area contributed by atoms with Gasteiger partial charge >= 0.3 is 0 Å². The van der Waals surface area contributed by atoms with Crippen LogP contribution in [0.1, 0.15) is 64.7 Å². The molecule has 1 saturated carbocycles. The monoisotopic (exact) mass is 264 g/mol. The molecule has 0 radical (unpaired) electrons. The first-order valence-electron chi connectivity index (χ1n) is 7.81. The van der Waals surface area contributed by atoms with E-state index in [4.69, 9.17) is 0 Å². The molecule has 0 aliphatic heterocycles. The molecule has 108 valence electrons. The Morgan fingerprint density at radius 1 is 1.37 bits per heavy atom. The van der Waals surface area contributed by atoms with E-state index in [0.29, 0.717) is 12.0 Å². The van der Waals surface area contributed by atoms with Crippen molar-refractivity contribution in [3.63, 3.8) is 0 Å². The smallest absolute Gasteiger partial charge is 0.164 e. The second-order valence-corrected chi connectivity index (χ2v) is 6.19. The Balaban J connectivity index is 1.91. The highest BCUT2D eigenvalue weighted by molar-refractivity contribution is 4.86. The van der Waals surface area contributed by atoms with Gasteiger partial charge in [-0.15, -0.1) is 0 Å². The van der Waals surface area contributed by atoms with Crippen LogP contribution >= 0.6 is 0 Å². The first-order chi connectivity index (χ1) is 9.20. The van der Waals surface area contributed by atoms with Crippen LogP contribution in [0.15, 0.2) is 6.33 Å². The molecule has 4 heteroatoms. The summed E-state index contributed by atoms with van der Waals surface area (Å²) >= 11 is 0. The van der Waals surface area contributed by atoms with E-state index in [2.05, 4.69) is 40.9 Å². The van der Waals surface area contributed by atoms with E-state index < -0.39 is 0 Å². The highest BCUT2D eigenvalue weighted by Crippen LogP contribution is 2.35. The van der Waals surface area contributed by atoms with Gasteiger partial charge in [0.15, 0.2) is 5.82 Å². The Hall–Kier alpha value is -0.900. The molecule has 1 heterocycles. The van der Waals surface area contributed by atoms with E-state index in [0.717, 1.165) is 24.8 Å². The SMILES string of the molecule is CCC1CCCCC1n1cnc(CNCC(C)C)n1. The van der Waals surface area contributed by atoms with Gasteiger partial charge < -0.3 is 5.32 Å². The largest absolute Gasteiger partial charge is 0.310 e. The Labute approximate surface area is 117 Å². The van der Waals surface area contributed by atoms with Crippen LogP contribution in [0.25, 0.3) is 0 Å². The second kappa shape index (κ2) is 7.04. The van der Waals surface area contributed by atoms with Crippen molar-refractivity contribution in [1.82, 2.24) is 20.1 Å². The first-order valence-corrected chi connectivity index (χ1v) is 7.81. The lowest BCUT2D eigenvalue weighted by Gasteiger charge is -2.30. The van der Waals surface area contributed by atoms with Crippen molar-refractivity contribution in [3.8, 4) is 0 Å². The number of nitrogens with one attached hydrogen (secondary N) is 1. The molecule has 1 N–H and O–H groups in total. The van der Waals surface area contributed by atoms with Crippen LogP contribution in [-0.4, -0.2) is 21.3 Å². The van der Waals surface area contributed by atoms with Crippen molar-refractivity contribution in [1.29, 1.82) is 0 Å².